The van der Waals surface area contributed by atoms with E-state index in [1.165, 1.54) is 0 Å². The lowest BCUT2D eigenvalue weighted by atomic mass is 10.2. The highest BCUT2D eigenvalue weighted by molar-refractivity contribution is 5.89. The standard InChI is InChI=1S/C15H22N4O2/c16-9-12-1-3-13(4-2-12)19-11-14(21-15(19)20)10-18-7-5-17-6-8-18/h1-4,14,17H,5-11,16H2. The van der Waals surface area contributed by atoms with Crippen molar-refractivity contribution < 1.29 is 9.53 Å². The van der Waals surface area contributed by atoms with E-state index in [1.807, 2.05) is 24.3 Å². The lowest BCUT2D eigenvalue weighted by molar-refractivity contribution is 0.104. The van der Waals surface area contributed by atoms with Gasteiger partial charge in [-0.2, -0.15) is 0 Å². The molecule has 3 rings (SSSR count). The third-order valence-corrected chi connectivity index (χ3v) is 4.03. The maximum atomic E-state index is 12.0. The molecule has 0 aromatic heterocycles. The average molecular weight is 290 g/mol. The molecule has 0 aliphatic carbocycles. The Morgan fingerprint density at radius 3 is 2.62 bits per heavy atom. The summed E-state index contributed by atoms with van der Waals surface area (Å²) in [6, 6.07) is 7.76. The van der Waals surface area contributed by atoms with Crippen LogP contribution in [-0.4, -0.2) is 56.4 Å². The van der Waals surface area contributed by atoms with Gasteiger partial charge in [-0.1, -0.05) is 12.1 Å². The van der Waals surface area contributed by atoms with E-state index in [0.29, 0.717) is 13.1 Å². The van der Waals surface area contributed by atoms with E-state index in [-0.39, 0.29) is 12.2 Å². The molecule has 0 saturated carbocycles. The monoisotopic (exact) mass is 290 g/mol. The molecule has 2 saturated heterocycles. The largest absolute Gasteiger partial charge is 0.443 e. The van der Waals surface area contributed by atoms with E-state index >= 15 is 0 Å². The third-order valence-electron chi connectivity index (χ3n) is 4.03. The van der Waals surface area contributed by atoms with Crippen LogP contribution in [0.3, 0.4) is 0 Å². The predicted octanol–water partition coefficient (Wildman–Crippen LogP) is 0.376. The molecular weight excluding hydrogens is 268 g/mol. The lowest BCUT2D eigenvalue weighted by Gasteiger charge is -2.28. The molecule has 6 heteroatoms. The second-order valence-electron chi connectivity index (χ2n) is 5.54. The molecule has 6 nitrogen and oxygen atoms in total. The summed E-state index contributed by atoms with van der Waals surface area (Å²) in [5, 5.41) is 3.32. The number of rotatable bonds is 4. The molecule has 1 atom stereocenters. The number of cyclic esters (lactones) is 1. The molecule has 3 N–H and O–H groups in total. The number of anilines is 1. The number of carbonyl (C=O) groups excluding carboxylic acids is 1. The van der Waals surface area contributed by atoms with Gasteiger partial charge in [0.1, 0.15) is 6.10 Å². The third kappa shape index (κ3) is 3.34. The first-order valence-electron chi connectivity index (χ1n) is 7.46. The summed E-state index contributed by atoms with van der Waals surface area (Å²) in [6.07, 6.45) is -0.305. The number of benzene rings is 1. The zero-order valence-electron chi connectivity index (χ0n) is 12.1. The molecule has 2 aliphatic heterocycles. The maximum Gasteiger partial charge on any atom is 0.414 e. The first kappa shape index (κ1) is 14.3. The van der Waals surface area contributed by atoms with Crippen molar-refractivity contribution in [2.24, 2.45) is 5.73 Å². The minimum atomic E-state index is -0.254. The smallest absolute Gasteiger partial charge is 0.414 e. The van der Waals surface area contributed by atoms with E-state index in [9.17, 15) is 4.79 Å². The van der Waals surface area contributed by atoms with Crippen molar-refractivity contribution in [3.63, 3.8) is 0 Å². The van der Waals surface area contributed by atoms with Crippen molar-refractivity contribution >= 4 is 11.8 Å². The molecule has 1 unspecified atom stereocenters. The Morgan fingerprint density at radius 1 is 1.24 bits per heavy atom. The number of piperazine rings is 1. The second kappa shape index (κ2) is 6.43. The van der Waals surface area contributed by atoms with Crippen LogP contribution < -0.4 is 16.0 Å². The molecule has 1 amide bonds. The first-order chi connectivity index (χ1) is 10.3. The van der Waals surface area contributed by atoms with Crippen LogP contribution in [0.15, 0.2) is 24.3 Å². The normalized spacial score (nSPS) is 23.4. The van der Waals surface area contributed by atoms with Crippen LogP contribution in [-0.2, 0) is 11.3 Å². The molecule has 2 fully saturated rings. The van der Waals surface area contributed by atoms with E-state index in [2.05, 4.69) is 10.2 Å². The van der Waals surface area contributed by atoms with E-state index in [0.717, 1.165) is 44.0 Å². The van der Waals surface area contributed by atoms with Crippen LogP contribution in [0.5, 0.6) is 0 Å². The summed E-state index contributed by atoms with van der Waals surface area (Å²) in [6.45, 7) is 5.97. The van der Waals surface area contributed by atoms with Crippen LogP contribution >= 0.6 is 0 Å². The summed E-state index contributed by atoms with van der Waals surface area (Å²) in [5.41, 5.74) is 7.52. The molecular formula is C15H22N4O2. The Morgan fingerprint density at radius 2 is 1.95 bits per heavy atom. The van der Waals surface area contributed by atoms with Gasteiger partial charge in [0.2, 0.25) is 0 Å². The number of nitrogens with two attached hydrogens (primary N) is 1. The molecule has 1 aromatic rings. The van der Waals surface area contributed by atoms with Gasteiger partial charge in [-0.3, -0.25) is 9.80 Å². The second-order valence-corrected chi connectivity index (χ2v) is 5.54. The summed E-state index contributed by atoms with van der Waals surface area (Å²) in [4.78, 5) is 16.1. The quantitative estimate of drug-likeness (QED) is 0.838. The molecule has 21 heavy (non-hydrogen) atoms. The van der Waals surface area contributed by atoms with Crippen LogP contribution in [0.25, 0.3) is 0 Å². The zero-order chi connectivity index (χ0) is 14.7. The van der Waals surface area contributed by atoms with Crippen molar-refractivity contribution in [3.05, 3.63) is 29.8 Å². The fourth-order valence-electron chi connectivity index (χ4n) is 2.82. The predicted molar refractivity (Wildman–Crippen MR) is 81.3 cm³/mol. The summed E-state index contributed by atoms with van der Waals surface area (Å²) in [5.74, 6) is 0. The van der Waals surface area contributed by atoms with Crippen molar-refractivity contribution in [2.75, 3.05) is 44.2 Å². The zero-order valence-corrected chi connectivity index (χ0v) is 12.1. The number of nitrogens with one attached hydrogen (secondary N) is 1. The SMILES string of the molecule is NCc1ccc(N2CC(CN3CCNCC3)OC2=O)cc1. The van der Waals surface area contributed by atoms with Crippen LogP contribution in [0.4, 0.5) is 10.5 Å². The first-order valence-corrected chi connectivity index (χ1v) is 7.46. The number of hydrogen-bond acceptors (Lipinski definition) is 5. The van der Waals surface area contributed by atoms with Crippen LogP contribution in [0, 0.1) is 0 Å². The van der Waals surface area contributed by atoms with E-state index in [4.69, 9.17) is 10.5 Å². The van der Waals surface area contributed by atoms with Gasteiger partial charge in [-0.25, -0.2) is 4.79 Å². The highest BCUT2D eigenvalue weighted by Gasteiger charge is 2.33. The summed E-state index contributed by atoms with van der Waals surface area (Å²) in [7, 11) is 0. The van der Waals surface area contributed by atoms with Gasteiger partial charge in [0.15, 0.2) is 0 Å². The number of nitrogens with zero attached hydrogens (tertiary/aromatic N) is 2. The minimum absolute atomic E-state index is 0.0511. The van der Waals surface area contributed by atoms with Gasteiger partial charge < -0.3 is 15.8 Å². The van der Waals surface area contributed by atoms with Gasteiger partial charge in [0.05, 0.1) is 6.54 Å². The Bertz CT molecular complexity index is 485. The minimum Gasteiger partial charge on any atom is -0.443 e. The van der Waals surface area contributed by atoms with Crippen LogP contribution in [0.1, 0.15) is 5.56 Å². The Labute approximate surface area is 124 Å². The fraction of sp³-hybridized carbons (Fsp3) is 0.533. The Balaban J connectivity index is 1.60. The highest BCUT2D eigenvalue weighted by Crippen LogP contribution is 2.22. The average Bonchev–Trinajstić information content (AvgIpc) is 2.89. The number of hydrogen-bond donors (Lipinski definition) is 2. The summed E-state index contributed by atoms with van der Waals surface area (Å²) >= 11 is 0. The fourth-order valence-corrected chi connectivity index (χ4v) is 2.82. The maximum absolute atomic E-state index is 12.0. The molecule has 0 bridgehead atoms. The van der Waals surface area contributed by atoms with Gasteiger partial charge in [0.25, 0.3) is 0 Å². The van der Waals surface area contributed by atoms with Crippen molar-refractivity contribution in [1.82, 2.24) is 10.2 Å². The molecule has 0 radical (unpaired) electrons. The highest BCUT2D eigenvalue weighted by atomic mass is 16.6. The van der Waals surface area contributed by atoms with Crippen molar-refractivity contribution in [1.29, 1.82) is 0 Å². The van der Waals surface area contributed by atoms with Crippen molar-refractivity contribution in [3.8, 4) is 0 Å². The van der Waals surface area contributed by atoms with Gasteiger partial charge in [-0.15, -0.1) is 0 Å². The Kier molecular flexibility index (Phi) is 4.38. The van der Waals surface area contributed by atoms with Gasteiger partial charge >= 0.3 is 6.09 Å². The molecule has 1 aromatic carbocycles. The molecule has 2 heterocycles. The molecule has 114 valence electrons. The molecule has 2 aliphatic rings. The Hall–Kier alpha value is -1.63. The van der Waals surface area contributed by atoms with Crippen molar-refractivity contribution in [2.45, 2.75) is 12.6 Å². The van der Waals surface area contributed by atoms with Crippen LogP contribution in [0.2, 0.25) is 0 Å². The molecule has 0 spiro atoms. The topological polar surface area (TPSA) is 70.8 Å². The van der Waals surface area contributed by atoms with Gasteiger partial charge in [-0.05, 0) is 17.7 Å². The van der Waals surface area contributed by atoms with E-state index < -0.39 is 0 Å². The van der Waals surface area contributed by atoms with Gasteiger partial charge in [0, 0.05) is 45.0 Å². The summed E-state index contributed by atoms with van der Waals surface area (Å²) < 4.78 is 5.49. The lowest BCUT2D eigenvalue weighted by Crippen LogP contribution is -2.46. The van der Waals surface area contributed by atoms with E-state index in [1.54, 1.807) is 4.90 Å². The number of ether oxygens (including phenoxy) is 1. The number of carbonyl (C=O) groups is 1. The number of amides is 1.